The molecule has 0 saturated heterocycles. The standard InChI is InChI=1S/C17H13F4N5OS/c1-10(15(27)22-13-7-5-11(6-8-13)17(19,20)21)28-16-23-24-25-26(16)14-4-2-3-12(18)9-14/h2-10H,1H3,(H,22,27)/t10-/m0/s1. The van der Waals surface area contributed by atoms with Crippen LogP contribution < -0.4 is 5.32 Å². The van der Waals surface area contributed by atoms with Crippen LogP contribution in [0.15, 0.2) is 53.7 Å². The molecule has 0 aliphatic carbocycles. The molecule has 0 spiro atoms. The molecule has 0 radical (unpaired) electrons. The maximum Gasteiger partial charge on any atom is 0.416 e. The quantitative estimate of drug-likeness (QED) is 0.509. The van der Waals surface area contributed by atoms with Gasteiger partial charge in [-0.25, -0.2) is 4.39 Å². The number of anilines is 1. The van der Waals surface area contributed by atoms with Crippen LogP contribution >= 0.6 is 11.8 Å². The van der Waals surface area contributed by atoms with Crippen LogP contribution in [0.25, 0.3) is 5.69 Å². The Hall–Kier alpha value is -2.95. The molecule has 1 N–H and O–H groups in total. The van der Waals surface area contributed by atoms with Crippen molar-refractivity contribution in [3.05, 3.63) is 59.9 Å². The summed E-state index contributed by atoms with van der Waals surface area (Å²) in [5.74, 6) is -0.907. The number of hydrogen-bond acceptors (Lipinski definition) is 5. The smallest absolute Gasteiger partial charge is 0.325 e. The second-order valence-electron chi connectivity index (χ2n) is 5.68. The number of rotatable bonds is 5. The summed E-state index contributed by atoms with van der Waals surface area (Å²) in [6.45, 7) is 1.59. The average molecular weight is 411 g/mol. The molecule has 3 aromatic rings. The molecule has 0 bridgehead atoms. The molecular formula is C17H13F4N5OS. The number of benzene rings is 2. The van der Waals surface area contributed by atoms with Crippen molar-refractivity contribution in [2.45, 2.75) is 23.5 Å². The molecule has 0 saturated carbocycles. The van der Waals surface area contributed by atoms with Crippen molar-refractivity contribution < 1.29 is 22.4 Å². The van der Waals surface area contributed by atoms with E-state index >= 15 is 0 Å². The number of alkyl halides is 3. The summed E-state index contributed by atoms with van der Waals surface area (Å²) in [7, 11) is 0. The van der Waals surface area contributed by atoms with Crippen LogP contribution in [0, 0.1) is 5.82 Å². The van der Waals surface area contributed by atoms with Gasteiger partial charge in [0.15, 0.2) is 0 Å². The highest BCUT2D eigenvalue weighted by molar-refractivity contribution is 8.00. The van der Waals surface area contributed by atoms with Gasteiger partial charge in [-0.2, -0.15) is 17.9 Å². The highest BCUT2D eigenvalue weighted by atomic mass is 32.2. The van der Waals surface area contributed by atoms with Gasteiger partial charge >= 0.3 is 6.18 Å². The molecule has 0 unspecified atom stereocenters. The zero-order chi connectivity index (χ0) is 20.3. The average Bonchev–Trinajstić information content (AvgIpc) is 3.09. The molecule has 6 nitrogen and oxygen atoms in total. The minimum absolute atomic E-state index is 0.232. The Morgan fingerprint density at radius 3 is 2.54 bits per heavy atom. The predicted molar refractivity (Wildman–Crippen MR) is 94.5 cm³/mol. The molecule has 0 aliphatic heterocycles. The van der Waals surface area contributed by atoms with Gasteiger partial charge in [-0.3, -0.25) is 4.79 Å². The molecular weight excluding hydrogens is 398 g/mol. The lowest BCUT2D eigenvalue weighted by molar-refractivity contribution is -0.137. The Bertz CT molecular complexity index is 974. The number of nitrogens with zero attached hydrogens (tertiary/aromatic N) is 4. The van der Waals surface area contributed by atoms with E-state index in [0.29, 0.717) is 5.69 Å². The summed E-state index contributed by atoms with van der Waals surface area (Å²) >= 11 is 1.02. The van der Waals surface area contributed by atoms with E-state index in [1.807, 2.05) is 0 Å². The van der Waals surface area contributed by atoms with E-state index < -0.39 is 28.7 Å². The summed E-state index contributed by atoms with van der Waals surface area (Å²) in [6.07, 6.45) is -4.44. The monoisotopic (exact) mass is 411 g/mol. The van der Waals surface area contributed by atoms with Crippen LogP contribution in [0.2, 0.25) is 0 Å². The van der Waals surface area contributed by atoms with Crippen LogP contribution in [-0.2, 0) is 11.0 Å². The van der Waals surface area contributed by atoms with Crippen molar-refractivity contribution in [2.24, 2.45) is 0 Å². The number of thioether (sulfide) groups is 1. The zero-order valence-electron chi connectivity index (χ0n) is 14.3. The number of amides is 1. The number of nitrogens with one attached hydrogen (secondary N) is 1. The fraction of sp³-hybridized carbons (Fsp3) is 0.176. The van der Waals surface area contributed by atoms with Gasteiger partial charge in [-0.1, -0.05) is 17.8 Å². The Labute approximate surface area is 160 Å². The molecule has 11 heteroatoms. The summed E-state index contributed by atoms with van der Waals surface area (Å²) in [4.78, 5) is 12.3. The summed E-state index contributed by atoms with van der Waals surface area (Å²) in [6, 6.07) is 9.76. The number of aromatic nitrogens is 4. The Morgan fingerprint density at radius 2 is 1.89 bits per heavy atom. The Kier molecular flexibility index (Phi) is 5.63. The fourth-order valence-corrected chi connectivity index (χ4v) is 3.03. The number of hydrogen-bond donors (Lipinski definition) is 1. The number of tetrazole rings is 1. The molecule has 146 valence electrons. The molecule has 3 rings (SSSR count). The largest absolute Gasteiger partial charge is 0.416 e. The van der Waals surface area contributed by atoms with Crippen molar-refractivity contribution >= 4 is 23.4 Å². The highest BCUT2D eigenvalue weighted by Gasteiger charge is 2.30. The van der Waals surface area contributed by atoms with Crippen molar-refractivity contribution in [1.29, 1.82) is 0 Å². The van der Waals surface area contributed by atoms with Gasteiger partial charge in [0.2, 0.25) is 11.1 Å². The number of carbonyl (C=O) groups is 1. The lowest BCUT2D eigenvalue weighted by Gasteiger charge is -2.12. The van der Waals surface area contributed by atoms with Crippen LogP contribution in [0.5, 0.6) is 0 Å². The third-order valence-corrected chi connectivity index (χ3v) is 4.66. The van der Waals surface area contributed by atoms with Crippen LogP contribution in [0.3, 0.4) is 0 Å². The van der Waals surface area contributed by atoms with Gasteiger partial charge in [0.1, 0.15) is 5.82 Å². The zero-order valence-corrected chi connectivity index (χ0v) is 15.1. The van der Waals surface area contributed by atoms with Crippen molar-refractivity contribution in [3.8, 4) is 5.69 Å². The van der Waals surface area contributed by atoms with Crippen molar-refractivity contribution in [1.82, 2.24) is 20.2 Å². The molecule has 1 heterocycles. The maximum absolute atomic E-state index is 13.4. The first-order valence-electron chi connectivity index (χ1n) is 7.93. The van der Waals surface area contributed by atoms with E-state index in [-0.39, 0.29) is 10.8 Å². The summed E-state index contributed by atoms with van der Waals surface area (Å²) in [5.41, 5.74) is -0.180. The number of carbonyl (C=O) groups excluding carboxylic acids is 1. The van der Waals surface area contributed by atoms with Gasteiger partial charge in [0.25, 0.3) is 0 Å². The molecule has 0 fully saturated rings. The van der Waals surface area contributed by atoms with Gasteiger partial charge in [0, 0.05) is 5.69 Å². The van der Waals surface area contributed by atoms with E-state index in [0.717, 1.165) is 23.9 Å². The minimum atomic E-state index is -4.44. The van der Waals surface area contributed by atoms with Crippen LogP contribution in [0.1, 0.15) is 12.5 Å². The van der Waals surface area contributed by atoms with E-state index in [2.05, 4.69) is 20.8 Å². The van der Waals surface area contributed by atoms with E-state index in [4.69, 9.17) is 0 Å². The first kappa shape index (κ1) is 19.8. The minimum Gasteiger partial charge on any atom is -0.325 e. The fourth-order valence-electron chi connectivity index (χ4n) is 2.22. The Morgan fingerprint density at radius 1 is 1.18 bits per heavy atom. The summed E-state index contributed by atoms with van der Waals surface area (Å²) in [5, 5.41) is 13.3. The lowest BCUT2D eigenvalue weighted by atomic mass is 10.2. The van der Waals surface area contributed by atoms with Crippen molar-refractivity contribution in [3.63, 3.8) is 0 Å². The van der Waals surface area contributed by atoms with Crippen molar-refractivity contribution in [2.75, 3.05) is 5.32 Å². The first-order valence-corrected chi connectivity index (χ1v) is 8.81. The van der Waals surface area contributed by atoms with Crippen LogP contribution in [-0.4, -0.2) is 31.4 Å². The topological polar surface area (TPSA) is 72.7 Å². The number of halogens is 4. The second kappa shape index (κ2) is 7.97. The SMILES string of the molecule is C[C@H](Sc1nnnn1-c1cccc(F)c1)C(=O)Nc1ccc(C(F)(F)F)cc1. The highest BCUT2D eigenvalue weighted by Crippen LogP contribution is 2.30. The first-order chi connectivity index (χ1) is 13.2. The maximum atomic E-state index is 13.4. The molecule has 0 aliphatic rings. The third kappa shape index (κ3) is 4.66. The predicted octanol–water partition coefficient (Wildman–Crippen LogP) is 3.94. The molecule has 1 aromatic heterocycles. The van der Waals surface area contributed by atoms with Gasteiger partial charge < -0.3 is 5.32 Å². The van der Waals surface area contributed by atoms with E-state index in [9.17, 15) is 22.4 Å². The van der Waals surface area contributed by atoms with Gasteiger partial charge in [0.05, 0.1) is 16.5 Å². The molecule has 28 heavy (non-hydrogen) atoms. The molecule has 2 aromatic carbocycles. The third-order valence-electron chi connectivity index (χ3n) is 3.62. The molecule has 1 atom stereocenters. The van der Waals surface area contributed by atoms with Crippen LogP contribution in [0.4, 0.5) is 23.2 Å². The lowest BCUT2D eigenvalue weighted by Crippen LogP contribution is -2.23. The Balaban J connectivity index is 1.68. The van der Waals surface area contributed by atoms with Gasteiger partial charge in [-0.05, 0) is 59.8 Å². The van der Waals surface area contributed by atoms with Gasteiger partial charge in [-0.15, -0.1) is 5.10 Å². The summed E-state index contributed by atoms with van der Waals surface area (Å²) < 4.78 is 52.5. The van der Waals surface area contributed by atoms with E-state index in [1.54, 1.807) is 13.0 Å². The second-order valence-corrected chi connectivity index (χ2v) is 6.99. The molecule has 1 amide bonds. The van der Waals surface area contributed by atoms with E-state index in [1.165, 1.54) is 35.0 Å². The normalized spacial score (nSPS) is 12.6.